The van der Waals surface area contributed by atoms with Crippen LogP contribution in [0.3, 0.4) is 0 Å². The fourth-order valence-electron chi connectivity index (χ4n) is 1.13. The topological polar surface area (TPSA) is 75.3 Å². The third kappa shape index (κ3) is 2.47. The van der Waals surface area contributed by atoms with Crippen LogP contribution in [0.4, 0.5) is 5.69 Å². The summed E-state index contributed by atoms with van der Waals surface area (Å²) in [5, 5.41) is 11.6. The highest BCUT2D eigenvalue weighted by atomic mass is 16.4. The number of rotatable bonds is 4. The third-order valence-corrected chi connectivity index (χ3v) is 1.98. The lowest BCUT2D eigenvalue weighted by molar-refractivity contribution is -0.137. The summed E-state index contributed by atoms with van der Waals surface area (Å²) in [6, 6.07) is 6.80. The fourth-order valence-corrected chi connectivity index (χ4v) is 1.13. The molecule has 4 nitrogen and oxygen atoms in total. The summed E-state index contributed by atoms with van der Waals surface area (Å²) < 4.78 is 0. The minimum atomic E-state index is -0.878. The number of nitrogens with two attached hydrogens (primary N) is 1. The summed E-state index contributed by atoms with van der Waals surface area (Å²) in [5.41, 5.74) is 7.21. The summed E-state index contributed by atoms with van der Waals surface area (Å²) in [6.45, 7) is 1.99. The van der Waals surface area contributed by atoms with Crippen LogP contribution in [-0.2, 0) is 11.3 Å². The maximum atomic E-state index is 10.6. The Morgan fingerprint density at radius 3 is 2.79 bits per heavy atom. The number of anilines is 1. The smallest absolute Gasteiger partial charge is 0.325 e. The lowest BCUT2D eigenvalue weighted by atomic mass is 10.1. The molecule has 0 aliphatic rings. The Hall–Kier alpha value is -1.55. The van der Waals surface area contributed by atoms with Crippen LogP contribution in [0.2, 0.25) is 0 Å². The van der Waals surface area contributed by atoms with Crippen molar-refractivity contribution in [1.29, 1.82) is 0 Å². The first-order valence-corrected chi connectivity index (χ1v) is 4.42. The second kappa shape index (κ2) is 4.62. The Kier molecular flexibility index (Phi) is 3.48. The molecule has 1 aromatic rings. The van der Waals surface area contributed by atoms with Crippen LogP contribution in [0.15, 0.2) is 24.3 Å². The van der Waals surface area contributed by atoms with Gasteiger partial charge in [0.1, 0.15) is 6.04 Å². The van der Waals surface area contributed by atoms with Crippen LogP contribution < -0.4 is 11.1 Å². The van der Waals surface area contributed by atoms with Crippen molar-refractivity contribution in [3.05, 3.63) is 29.8 Å². The largest absolute Gasteiger partial charge is 0.480 e. The lowest BCUT2D eigenvalue weighted by Crippen LogP contribution is -2.26. The number of hydrogen-bond acceptors (Lipinski definition) is 3. The number of carboxylic acids is 1. The van der Waals surface area contributed by atoms with Crippen molar-refractivity contribution in [2.45, 2.75) is 19.5 Å². The summed E-state index contributed by atoms with van der Waals surface area (Å²) in [4.78, 5) is 10.6. The van der Waals surface area contributed by atoms with E-state index in [0.717, 1.165) is 11.3 Å². The van der Waals surface area contributed by atoms with Crippen LogP contribution in [0.25, 0.3) is 0 Å². The molecule has 0 aliphatic heterocycles. The molecule has 0 bridgehead atoms. The molecule has 1 atom stereocenters. The number of benzene rings is 1. The zero-order valence-electron chi connectivity index (χ0n) is 8.03. The summed E-state index contributed by atoms with van der Waals surface area (Å²) >= 11 is 0. The van der Waals surface area contributed by atoms with Crippen molar-refractivity contribution >= 4 is 11.7 Å². The van der Waals surface area contributed by atoms with Gasteiger partial charge in [0, 0.05) is 12.2 Å². The van der Waals surface area contributed by atoms with Crippen molar-refractivity contribution in [3.63, 3.8) is 0 Å². The van der Waals surface area contributed by atoms with E-state index >= 15 is 0 Å². The fraction of sp³-hybridized carbons (Fsp3) is 0.300. The zero-order chi connectivity index (χ0) is 10.6. The summed E-state index contributed by atoms with van der Waals surface area (Å²) in [6.07, 6.45) is 0. The van der Waals surface area contributed by atoms with E-state index in [9.17, 15) is 4.79 Å². The third-order valence-electron chi connectivity index (χ3n) is 1.98. The van der Waals surface area contributed by atoms with Gasteiger partial charge in [0.2, 0.25) is 0 Å². The molecule has 0 radical (unpaired) electrons. The van der Waals surface area contributed by atoms with Crippen LogP contribution in [-0.4, -0.2) is 17.1 Å². The lowest BCUT2D eigenvalue weighted by Gasteiger charge is -2.13. The summed E-state index contributed by atoms with van der Waals surface area (Å²) in [5.74, 6) is -0.878. The van der Waals surface area contributed by atoms with Crippen LogP contribution in [0.5, 0.6) is 0 Å². The van der Waals surface area contributed by atoms with Gasteiger partial charge < -0.3 is 16.2 Å². The van der Waals surface area contributed by atoms with Gasteiger partial charge in [-0.2, -0.15) is 0 Å². The molecule has 0 aliphatic carbocycles. The Balaban J connectivity index is 2.80. The molecule has 0 fully saturated rings. The molecule has 14 heavy (non-hydrogen) atoms. The molecule has 0 amide bonds. The number of carbonyl (C=O) groups is 1. The van der Waals surface area contributed by atoms with E-state index in [-0.39, 0.29) is 0 Å². The molecule has 4 N–H and O–H groups in total. The van der Waals surface area contributed by atoms with Gasteiger partial charge in [-0.25, -0.2) is 0 Å². The Morgan fingerprint density at radius 1 is 1.57 bits per heavy atom. The molecular weight excluding hydrogens is 180 g/mol. The average molecular weight is 194 g/mol. The van der Waals surface area contributed by atoms with E-state index in [2.05, 4.69) is 5.32 Å². The predicted molar refractivity (Wildman–Crippen MR) is 55.1 cm³/mol. The molecule has 0 unspecified atom stereocenters. The monoisotopic (exact) mass is 194 g/mol. The molecule has 1 aromatic carbocycles. The van der Waals surface area contributed by atoms with E-state index in [4.69, 9.17) is 10.8 Å². The number of para-hydroxylation sites is 1. The van der Waals surface area contributed by atoms with E-state index in [0.29, 0.717) is 6.54 Å². The van der Waals surface area contributed by atoms with Crippen LogP contribution in [0.1, 0.15) is 12.5 Å². The molecule has 0 saturated carbocycles. The van der Waals surface area contributed by atoms with E-state index < -0.39 is 12.0 Å². The minimum Gasteiger partial charge on any atom is -0.480 e. The van der Waals surface area contributed by atoms with Gasteiger partial charge in [-0.3, -0.25) is 4.79 Å². The maximum absolute atomic E-state index is 10.6. The average Bonchev–Trinajstić information content (AvgIpc) is 2.18. The van der Waals surface area contributed by atoms with Crippen molar-refractivity contribution in [2.75, 3.05) is 5.32 Å². The van der Waals surface area contributed by atoms with Crippen LogP contribution in [0, 0.1) is 0 Å². The highest BCUT2D eigenvalue weighted by Crippen LogP contribution is 2.14. The number of aliphatic carboxylic acids is 1. The highest BCUT2D eigenvalue weighted by Gasteiger charge is 2.11. The standard InChI is InChI=1S/C10H14N2O2/c1-7(10(13)14)12-9-5-3-2-4-8(9)6-11/h2-5,7,12H,6,11H2,1H3,(H,13,14)/t7-/m0/s1. The Labute approximate surface area is 82.7 Å². The van der Waals surface area contributed by atoms with Gasteiger partial charge in [-0.05, 0) is 18.6 Å². The van der Waals surface area contributed by atoms with Crippen molar-refractivity contribution < 1.29 is 9.90 Å². The van der Waals surface area contributed by atoms with Crippen molar-refractivity contribution in [3.8, 4) is 0 Å². The predicted octanol–water partition coefficient (Wildman–Crippen LogP) is 1.03. The van der Waals surface area contributed by atoms with Gasteiger partial charge in [0.05, 0.1) is 0 Å². The van der Waals surface area contributed by atoms with Crippen molar-refractivity contribution in [2.24, 2.45) is 5.73 Å². The minimum absolute atomic E-state index is 0.398. The normalized spacial score (nSPS) is 12.1. The molecule has 4 heteroatoms. The molecule has 0 saturated heterocycles. The first-order chi connectivity index (χ1) is 6.65. The van der Waals surface area contributed by atoms with Crippen molar-refractivity contribution in [1.82, 2.24) is 0 Å². The molecule has 76 valence electrons. The highest BCUT2D eigenvalue weighted by molar-refractivity contribution is 5.77. The van der Waals surface area contributed by atoms with E-state index in [1.807, 2.05) is 24.3 Å². The first-order valence-electron chi connectivity index (χ1n) is 4.42. The summed E-state index contributed by atoms with van der Waals surface area (Å²) in [7, 11) is 0. The molecule has 1 rings (SSSR count). The molecule has 0 spiro atoms. The van der Waals surface area contributed by atoms with Crippen LogP contribution >= 0.6 is 0 Å². The second-order valence-electron chi connectivity index (χ2n) is 3.07. The quantitative estimate of drug-likeness (QED) is 0.669. The van der Waals surface area contributed by atoms with E-state index in [1.165, 1.54) is 0 Å². The van der Waals surface area contributed by atoms with Gasteiger partial charge in [0.25, 0.3) is 0 Å². The molecule has 0 heterocycles. The van der Waals surface area contributed by atoms with E-state index in [1.54, 1.807) is 6.92 Å². The van der Waals surface area contributed by atoms with Gasteiger partial charge >= 0.3 is 5.97 Å². The second-order valence-corrected chi connectivity index (χ2v) is 3.07. The Morgan fingerprint density at radius 2 is 2.21 bits per heavy atom. The zero-order valence-corrected chi connectivity index (χ0v) is 8.03. The molecule has 0 aromatic heterocycles. The number of nitrogens with one attached hydrogen (secondary N) is 1. The van der Waals surface area contributed by atoms with Gasteiger partial charge in [0.15, 0.2) is 0 Å². The Bertz CT molecular complexity index is 326. The maximum Gasteiger partial charge on any atom is 0.325 e. The number of carboxylic acid groups (broad SMARTS) is 1. The van der Waals surface area contributed by atoms with Gasteiger partial charge in [-0.1, -0.05) is 18.2 Å². The van der Waals surface area contributed by atoms with Gasteiger partial charge in [-0.15, -0.1) is 0 Å². The first kappa shape index (κ1) is 10.5. The molecular formula is C10H14N2O2. The SMILES string of the molecule is C[C@H](Nc1ccccc1CN)C(=O)O. The number of hydrogen-bond donors (Lipinski definition) is 3.